The van der Waals surface area contributed by atoms with Gasteiger partial charge in [0.1, 0.15) is 12.2 Å². The molecule has 0 saturated carbocycles. The summed E-state index contributed by atoms with van der Waals surface area (Å²) in [7, 11) is 0. The molecule has 1 aromatic rings. The highest BCUT2D eigenvalue weighted by Gasteiger charge is 2.14. The number of rotatable bonds is 9. The lowest BCUT2D eigenvalue weighted by molar-refractivity contribution is -0.144. The summed E-state index contributed by atoms with van der Waals surface area (Å²) in [5.74, 6) is 0.624. The second-order valence-corrected chi connectivity index (χ2v) is 4.16. The maximum Gasteiger partial charge on any atom is 0.320 e. The van der Waals surface area contributed by atoms with Gasteiger partial charge >= 0.3 is 5.97 Å². The Hall–Kier alpha value is -1.69. The van der Waals surface area contributed by atoms with Crippen molar-refractivity contribution in [2.75, 3.05) is 19.7 Å². The van der Waals surface area contributed by atoms with E-state index < -0.39 is 0 Å². The Balaban J connectivity index is 2.63. The molecule has 0 aliphatic rings. The number of hydrogen-bond donors (Lipinski definition) is 0. The summed E-state index contributed by atoms with van der Waals surface area (Å²) in [6.07, 6.45) is 4.30. The van der Waals surface area contributed by atoms with Crippen molar-refractivity contribution in [3.63, 3.8) is 0 Å². The lowest BCUT2D eigenvalue weighted by Gasteiger charge is -2.19. The van der Waals surface area contributed by atoms with Gasteiger partial charge in [-0.25, -0.2) is 9.67 Å². The van der Waals surface area contributed by atoms with Crippen LogP contribution in [0.15, 0.2) is 19.0 Å². The van der Waals surface area contributed by atoms with Gasteiger partial charge in [-0.3, -0.25) is 9.69 Å². The summed E-state index contributed by atoms with van der Waals surface area (Å²) in [5, 5.41) is 4.17. The van der Waals surface area contributed by atoms with Crippen LogP contribution in [0.25, 0.3) is 0 Å². The van der Waals surface area contributed by atoms with E-state index in [1.54, 1.807) is 19.3 Å². The molecular formula is C13H22N4O2. The Labute approximate surface area is 114 Å². The van der Waals surface area contributed by atoms with Gasteiger partial charge in [-0.05, 0) is 13.3 Å². The number of carbonyl (C=O) groups is 1. The molecule has 0 aliphatic carbocycles. The molecule has 0 aliphatic heterocycles. The molecule has 0 saturated heterocycles. The third-order valence-electron chi connectivity index (χ3n) is 2.54. The molecule has 0 bridgehead atoms. The van der Waals surface area contributed by atoms with Crippen LogP contribution in [-0.4, -0.2) is 45.3 Å². The van der Waals surface area contributed by atoms with Gasteiger partial charge in [0.15, 0.2) is 0 Å². The molecule has 0 unspecified atom stereocenters. The van der Waals surface area contributed by atoms with Crippen LogP contribution in [-0.2, 0) is 22.6 Å². The summed E-state index contributed by atoms with van der Waals surface area (Å²) < 4.78 is 6.82. The van der Waals surface area contributed by atoms with Crippen LogP contribution in [0.2, 0.25) is 0 Å². The molecule has 19 heavy (non-hydrogen) atoms. The highest BCUT2D eigenvalue weighted by molar-refractivity contribution is 5.71. The van der Waals surface area contributed by atoms with Crippen molar-refractivity contribution in [2.24, 2.45) is 0 Å². The lowest BCUT2D eigenvalue weighted by atomic mass is 10.4. The standard InChI is InChI=1S/C13H22N4O2/c1-4-7-16(10-13(18)19-6-3)9-12-14-11-15-17(12)8-5-2/h4,11H,1,5-10H2,2-3H3. The number of hydrogen-bond acceptors (Lipinski definition) is 5. The Morgan fingerprint density at radius 3 is 3.00 bits per heavy atom. The van der Waals surface area contributed by atoms with E-state index in [1.165, 1.54) is 0 Å². The third-order valence-corrected chi connectivity index (χ3v) is 2.54. The van der Waals surface area contributed by atoms with E-state index in [0.717, 1.165) is 18.8 Å². The van der Waals surface area contributed by atoms with Gasteiger partial charge in [-0.1, -0.05) is 13.0 Å². The molecular weight excluding hydrogens is 244 g/mol. The molecule has 0 amide bonds. The minimum Gasteiger partial charge on any atom is -0.465 e. The Morgan fingerprint density at radius 2 is 2.37 bits per heavy atom. The number of aromatic nitrogens is 3. The molecule has 6 heteroatoms. The molecule has 106 valence electrons. The van der Waals surface area contributed by atoms with Crippen LogP contribution in [0, 0.1) is 0 Å². The van der Waals surface area contributed by atoms with Crippen LogP contribution < -0.4 is 0 Å². The van der Waals surface area contributed by atoms with Gasteiger partial charge in [-0.15, -0.1) is 6.58 Å². The number of carbonyl (C=O) groups excluding carboxylic acids is 1. The zero-order chi connectivity index (χ0) is 14.1. The first-order chi connectivity index (χ1) is 9.21. The molecule has 0 aromatic carbocycles. The van der Waals surface area contributed by atoms with Crippen molar-refractivity contribution in [2.45, 2.75) is 33.4 Å². The van der Waals surface area contributed by atoms with E-state index in [0.29, 0.717) is 19.7 Å². The zero-order valence-electron chi connectivity index (χ0n) is 11.7. The average Bonchev–Trinajstić information content (AvgIpc) is 2.78. The number of esters is 1. The van der Waals surface area contributed by atoms with Crippen LogP contribution in [0.3, 0.4) is 0 Å². The van der Waals surface area contributed by atoms with E-state index in [2.05, 4.69) is 23.6 Å². The topological polar surface area (TPSA) is 60.3 Å². The minimum absolute atomic E-state index is 0.231. The number of nitrogens with zero attached hydrogens (tertiary/aromatic N) is 4. The van der Waals surface area contributed by atoms with E-state index >= 15 is 0 Å². The van der Waals surface area contributed by atoms with Crippen molar-refractivity contribution in [1.29, 1.82) is 0 Å². The predicted molar refractivity (Wildman–Crippen MR) is 72.4 cm³/mol. The molecule has 1 aromatic heterocycles. The monoisotopic (exact) mass is 266 g/mol. The third kappa shape index (κ3) is 5.21. The molecule has 0 radical (unpaired) electrons. The fourth-order valence-electron chi connectivity index (χ4n) is 1.77. The van der Waals surface area contributed by atoms with Crippen molar-refractivity contribution in [1.82, 2.24) is 19.7 Å². The molecule has 0 spiro atoms. The first kappa shape index (κ1) is 15.4. The predicted octanol–water partition coefficient (Wildman–Crippen LogP) is 1.24. The van der Waals surface area contributed by atoms with Crippen LogP contribution >= 0.6 is 0 Å². The van der Waals surface area contributed by atoms with Crippen LogP contribution in [0.5, 0.6) is 0 Å². The largest absolute Gasteiger partial charge is 0.465 e. The van der Waals surface area contributed by atoms with E-state index in [1.807, 2.05) is 9.58 Å². The van der Waals surface area contributed by atoms with Crippen molar-refractivity contribution >= 4 is 5.97 Å². The normalized spacial score (nSPS) is 10.7. The fourth-order valence-corrected chi connectivity index (χ4v) is 1.77. The smallest absolute Gasteiger partial charge is 0.320 e. The SMILES string of the molecule is C=CCN(CC(=O)OCC)Cc1ncnn1CCC. The quantitative estimate of drug-likeness (QED) is 0.497. The maximum absolute atomic E-state index is 11.5. The Kier molecular flexibility index (Phi) is 6.81. The van der Waals surface area contributed by atoms with Crippen LogP contribution in [0.4, 0.5) is 0 Å². The Morgan fingerprint density at radius 1 is 1.58 bits per heavy atom. The number of ether oxygens (including phenoxy) is 1. The first-order valence-corrected chi connectivity index (χ1v) is 6.56. The second-order valence-electron chi connectivity index (χ2n) is 4.16. The summed E-state index contributed by atoms with van der Waals surface area (Å²) in [4.78, 5) is 17.7. The maximum atomic E-state index is 11.5. The van der Waals surface area contributed by atoms with Gasteiger partial charge in [0.2, 0.25) is 0 Å². The highest BCUT2D eigenvalue weighted by Crippen LogP contribution is 2.03. The van der Waals surface area contributed by atoms with E-state index in [9.17, 15) is 4.79 Å². The first-order valence-electron chi connectivity index (χ1n) is 6.56. The Bertz CT molecular complexity index is 403. The van der Waals surface area contributed by atoms with Crippen LogP contribution in [0.1, 0.15) is 26.1 Å². The molecule has 0 N–H and O–H groups in total. The van der Waals surface area contributed by atoms with Crippen molar-refractivity contribution in [3.8, 4) is 0 Å². The molecule has 6 nitrogen and oxygen atoms in total. The van der Waals surface area contributed by atoms with Crippen molar-refractivity contribution in [3.05, 3.63) is 24.8 Å². The van der Waals surface area contributed by atoms with Gasteiger partial charge < -0.3 is 4.74 Å². The summed E-state index contributed by atoms with van der Waals surface area (Å²) in [6.45, 7) is 10.2. The van der Waals surface area contributed by atoms with Gasteiger partial charge in [-0.2, -0.15) is 5.10 Å². The minimum atomic E-state index is -0.231. The van der Waals surface area contributed by atoms with E-state index in [-0.39, 0.29) is 12.5 Å². The van der Waals surface area contributed by atoms with E-state index in [4.69, 9.17) is 4.74 Å². The fraction of sp³-hybridized carbons (Fsp3) is 0.615. The molecule has 0 atom stereocenters. The summed E-state index contributed by atoms with van der Waals surface area (Å²) in [5.41, 5.74) is 0. The van der Waals surface area contributed by atoms with Gasteiger partial charge in [0, 0.05) is 13.1 Å². The lowest BCUT2D eigenvalue weighted by Crippen LogP contribution is -2.32. The summed E-state index contributed by atoms with van der Waals surface area (Å²) >= 11 is 0. The van der Waals surface area contributed by atoms with Gasteiger partial charge in [0.25, 0.3) is 0 Å². The van der Waals surface area contributed by atoms with Gasteiger partial charge in [0.05, 0.1) is 19.7 Å². The molecule has 1 heterocycles. The summed E-state index contributed by atoms with van der Waals surface area (Å²) in [6, 6.07) is 0. The highest BCUT2D eigenvalue weighted by atomic mass is 16.5. The molecule has 0 fully saturated rings. The average molecular weight is 266 g/mol. The number of aryl methyl sites for hydroxylation is 1. The molecule has 1 rings (SSSR count). The zero-order valence-corrected chi connectivity index (χ0v) is 11.7. The second kappa shape index (κ2) is 8.42. The van der Waals surface area contributed by atoms with Crippen molar-refractivity contribution < 1.29 is 9.53 Å².